The van der Waals surface area contributed by atoms with Gasteiger partial charge in [0.25, 0.3) is 5.91 Å². The van der Waals surface area contributed by atoms with Crippen LogP contribution in [0.1, 0.15) is 36.4 Å². The largest absolute Gasteiger partial charge is 0.497 e. The highest BCUT2D eigenvalue weighted by Crippen LogP contribution is 2.34. The summed E-state index contributed by atoms with van der Waals surface area (Å²) in [6.07, 6.45) is 1.99. The maximum absolute atomic E-state index is 13.4. The van der Waals surface area contributed by atoms with Crippen LogP contribution in [0, 0.1) is 5.92 Å². The Labute approximate surface area is 193 Å². The fraction of sp³-hybridized carbons (Fsp3) is 0.400. The molecule has 0 spiro atoms. The Hall–Kier alpha value is -3.39. The van der Waals surface area contributed by atoms with E-state index >= 15 is 0 Å². The molecule has 0 unspecified atom stereocenters. The van der Waals surface area contributed by atoms with E-state index in [9.17, 15) is 9.59 Å². The zero-order valence-corrected chi connectivity index (χ0v) is 19.1. The number of hydrogen-bond acceptors (Lipinski definition) is 6. The lowest BCUT2D eigenvalue weighted by Gasteiger charge is -2.31. The molecule has 1 atom stereocenters. The second kappa shape index (κ2) is 10.0. The number of nitrogens with zero attached hydrogens (tertiary/aromatic N) is 3. The van der Waals surface area contributed by atoms with Gasteiger partial charge in [-0.25, -0.2) is 5.01 Å². The molecule has 0 saturated carbocycles. The van der Waals surface area contributed by atoms with Crippen LogP contribution < -0.4 is 15.2 Å². The number of methoxy groups -OCH3 is 2. The van der Waals surface area contributed by atoms with Crippen molar-refractivity contribution < 1.29 is 19.1 Å². The van der Waals surface area contributed by atoms with Crippen LogP contribution in [0.4, 0.5) is 0 Å². The molecule has 8 heteroatoms. The van der Waals surface area contributed by atoms with Crippen molar-refractivity contribution in [2.75, 3.05) is 33.9 Å². The van der Waals surface area contributed by atoms with Gasteiger partial charge in [0.05, 0.1) is 32.5 Å². The Morgan fingerprint density at radius 2 is 1.55 bits per heavy atom. The lowest BCUT2D eigenvalue weighted by atomic mass is 9.96. The molecule has 2 heterocycles. The maximum Gasteiger partial charge on any atom is 0.257 e. The molecule has 0 bridgehead atoms. The van der Waals surface area contributed by atoms with Crippen molar-refractivity contribution in [3.63, 3.8) is 0 Å². The number of rotatable bonds is 7. The second-order valence-electron chi connectivity index (χ2n) is 8.46. The molecule has 33 heavy (non-hydrogen) atoms. The molecule has 2 N–H and O–H groups in total. The molecule has 2 aromatic rings. The average molecular weight is 451 g/mol. The van der Waals surface area contributed by atoms with E-state index in [1.165, 1.54) is 0 Å². The molecule has 1 saturated heterocycles. The lowest BCUT2D eigenvalue weighted by Crippen LogP contribution is -2.43. The van der Waals surface area contributed by atoms with Gasteiger partial charge in [-0.15, -0.1) is 0 Å². The summed E-state index contributed by atoms with van der Waals surface area (Å²) >= 11 is 0. The summed E-state index contributed by atoms with van der Waals surface area (Å²) in [7, 11) is 3.27. The number of primary amides is 1. The van der Waals surface area contributed by atoms with Crippen molar-refractivity contribution in [3.8, 4) is 11.5 Å². The van der Waals surface area contributed by atoms with Gasteiger partial charge in [-0.2, -0.15) is 5.10 Å². The summed E-state index contributed by atoms with van der Waals surface area (Å²) in [6, 6.07) is 15.3. The standard InChI is InChI=1S/C25H30N4O4/c1-32-20-7-3-17(4-8-20)22-15-23(18-5-9-21(33-2)10-6-18)29(27-22)24(30)16-28-13-11-19(12-14-28)25(26)31/h3-10,19,23H,11-16H2,1-2H3,(H2,26,31)/t23-/m1/s1. The zero-order chi connectivity index (χ0) is 23.4. The van der Waals surface area contributed by atoms with Crippen molar-refractivity contribution in [1.82, 2.24) is 9.91 Å². The summed E-state index contributed by atoms with van der Waals surface area (Å²) in [6.45, 7) is 1.61. The summed E-state index contributed by atoms with van der Waals surface area (Å²) in [5.41, 5.74) is 8.27. The van der Waals surface area contributed by atoms with Gasteiger partial charge in [0.15, 0.2) is 0 Å². The third-order valence-corrected chi connectivity index (χ3v) is 6.44. The highest BCUT2D eigenvalue weighted by molar-refractivity contribution is 6.03. The van der Waals surface area contributed by atoms with Crippen molar-refractivity contribution in [3.05, 3.63) is 59.7 Å². The van der Waals surface area contributed by atoms with Gasteiger partial charge in [-0.05, 0) is 73.5 Å². The van der Waals surface area contributed by atoms with Gasteiger partial charge < -0.3 is 15.2 Å². The third kappa shape index (κ3) is 5.17. The van der Waals surface area contributed by atoms with Crippen LogP contribution in [0.2, 0.25) is 0 Å². The minimum Gasteiger partial charge on any atom is -0.497 e. The molecule has 1 fully saturated rings. The summed E-state index contributed by atoms with van der Waals surface area (Å²) in [5.74, 6) is 1.13. The number of carbonyl (C=O) groups excluding carboxylic acids is 2. The van der Waals surface area contributed by atoms with Gasteiger partial charge in [-0.1, -0.05) is 12.1 Å². The number of nitrogens with two attached hydrogens (primary N) is 1. The van der Waals surface area contributed by atoms with Gasteiger partial charge >= 0.3 is 0 Å². The zero-order valence-electron chi connectivity index (χ0n) is 19.1. The van der Waals surface area contributed by atoms with Crippen molar-refractivity contribution in [2.45, 2.75) is 25.3 Å². The molecule has 2 aliphatic heterocycles. The molecular weight excluding hydrogens is 420 g/mol. The Bertz CT molecular complexity index is 1010. The number of carbonyl (C=O) groups is 2. The van der Waals surface area contributed by atoms with E-state index in [1.807, 2.05) is 48.5 Å². The first-order valence-electron chi connectivity index (χ1n) is 11.2. The van der Waals surface area contributed by atoms with Crippen LogP contribution in [-0.4, -0.2) is 61.3 Å². The van der Waals surface area contributed by atoms with E-state index in [0.29, 0.717) is 32.4 Å². The number of likely N-dealkylation sites (tertiary alicyclic amines) is 1. The molecule has 0 aliphatic carbocycles. The van der Waals surface area contributed by atoms with Crippen LogP contribution in [0.15, 0.2) is 53.6 Å². The molecule has 2 aliphatic rings. The molecule has 4 rings (SSSR count). The lowest BCUT2D eigenvalue weighted by molar-refractivity contribution is -0.134. The first-order valence-corrected chi connectivity index (χ1v) is 11.2. The van der Waals surface area contributed by atoms with Crippen molar-refractivity contribution in [2.24, 2.45) is 16.8 Å². The van der Waals surface area contributed by atoms with E-state index in [-0.39, 0.29) is 30.3 Å². The van der Waals surface area contributed by atoms with Gasteiger partial charge in [0, 0.05) is 12.3 Å². The van der Waals surface area contributed by atoms with Crippen LogP contribution in [0.5, 0.6) is 11.5 Å². The maximum atomic E-state index is 13.4. The van der Waals surface area contributed by atoms with E-state index in [4.69, 9.17) is 20.3 Å². The first-order chi connectivity index (χ1) is 16.0. The predicted octanol–water partition coefficient (Wildman–Crippen LogP) is 2.58. The Kier molecular flexibility index (Phi) is 6.93. The van der Waals surface area contributed by atoms with Crippen molar-refractivity contribution in [1.29, 1.82) is 0 Å². The summed E-state index contributed by atoms with van der Waals surface area (Å²) < 4.78 is 10.5. The second-order valence-corrected chi connectivity index (χ2v) is 8.46. The Balaban J connectivity index is 1.53. The van der Waals surface area contributed by atoms with Crippen molar-refractivity contribution >= 4 is 17.5 Å². The molecule has 8 nitrogen and oxygen atoms in total. The molecule has 0 radical (unpaired) electrons. The Morgan fingerprint density at radius 3 is 2.09 bits per heavy atom. The fourth-order valence-electron chi connectivity index (χ4n) is 4.42. The normalized spacial score (nSPS) is 19.3. The molecule has 2 aromatic carbocycles. The van der Waals surface area contributed by atoms with E-state index in [0.717, 1.165) is 28.3 Å². The fourth-order valence-corrected chi connectivity index (χ4v) is 4.42. The van der Waals surface area contributed by atoms with Gasteiger partial charge in [-0.3, -0.25) is 14.5 Å². The topological polar surface area (TPSA) is 97.5 Å². The predicted molar refractivity (Wildman–Crippen MR) is 125 cm³/mol. The minimum absolute atomic E-state index is 0.0585. The highest BCUT2D eigenvalue weighted by Gasteiger charge is 2.34. The number of ether oxygens (including phenoxy) is 2. The number of hydrazone groups is 1. The average Bonchev–Trinajstić information content (AvgIpc) is 3.30. The van der Waals surface area contributed by atoms with E-state index < -0.39 is 0 Å². The van der Waals surface area contributed by atoms with Crippen LogP contribution >= 0.6 is 0 Å². The molecule has 174 valence electrons. The minimum atomic E-state index is -0.256. The third-order valence-electron chi connectivity index (χ3n) is 6.44. The molecule has 0 aromatic heterocycles. The number of amides is 2. The number of piperidine rings is 1. The first kappa shape index (κ1) is 22.8. The quantitative estimate of drug-likeness (QED) is 0.699. The van der Waals surface area contributed by atoms with E-state index in [2.05, 4.69) is 4.90 Å². The van der Waals surface area contributed by atoms with Crippen LogP contribution in [0.3, 0.4) is 0 Å². The van der Waals surface area contributed by atoms with Gasteiger partial charge in [0.2, 0.25) is 5.91 Å². The van der Waals surface area contributed by atoms with E-state index in [1.54, 1.807) is 19.2 Å². The summed E-state index contributed by atoms with van der Waals surface area (Å²) in [4.78, 5) is 26.9. The smallest absolute Gasteiger partial charge is 0.257 e. The Morgan fingerprint density at radius 1 is 0.970 bits per heavy atom. The number of benzene rings is 2. The summed E-state index contributed by atoms with van der Waals surface area (Å²) in [5, 5.41) is 6.36. The van der Waals surface area contributed by atoms with Crippen LogP contribution in [0.25, 0.3) is 0 Å². The van der Waals surface area contributed by atoms with Crippen LogP contribution in [-0.2, 0) is 9.59 Å². The SMILES string of the molecule is COc1ccc(C2=NN(C(=O)CN3CCC(C(N)=O)CC3)[C@@H](c3ccc(OC)cc3)C2)cc1. The van der Waals surface area contributed by atoms with Gasteiger partial charge in [0.1, 0.15) is 11.5 Å². The highest BCUT2D eigenvalue weighted by atomic mass is 16.5. The molecule has 2 amide bonds. The molecular formula is C25H30N4O4. The number of hydrogen-bond donors (Lipinski definition) is 1. The monoisotopic (exact) mass is 450 g/mol.